The van der Waals surface area contributed by atoms with Crippen LogP contribution in [0.25, 0.3) is 0 Å². The fourth-order valence-electron chi connectivity index (χ4n) is 3.11. The van der Waals surface area contributed by atoms with Crippen LogP contribution in [-0.2, 0) is 4.74 Å². The summed E-state index contributed by atoms with van der Waals surface area (Å²) < 4.78 is 19.6. The van der Waals surface area contributed by atoms with Gasteiger partial charge >= 0.3 is 12.1 Å². The molecule has 0 saturated carbocycles. The van der Waals surface area contributed by atoms with Gasteiger partial charge in [-0.1, -0.05) is 15.9 Å². The van der Waals surface area contributed by atoms with Crippen molar-refractivity contribution in [2.75, 3.05) is 31.1 Å². The molecule has 0 aromatic heterocycles. The average Bonchev–Trinajstić information content (AvgIpc) is 2.81. The van der Waals surface area contributed by atoms with Gasteiger partial charge < -0.3 is 14.5 Å². The molecular formula is C17H21BrFN3O3. The van der Waals surface area contributed by atoms with Gasteiger partial charge in [0.15, 0.2) is 0 Å². The summed E-state index contributed by atoms with van der Waals surface area (Å²) in [5.74, 6) is -0.405. The Morgan fingerprint density at radius 2 is 1.96 bits per heavy atom. The highest BCUT2D eigenvalue weighted by atomic mass is 79.9. The second kappa shape index (κ2) is 6.48. The van der Waals surface area contributed by atoms with Crippen LogP contribution in [0.5, 0.6) is 0 Å². The lowest BCUT2D eigenvalue weighted by Gasteiger charge is -2.36. The average molecular weight is 414 g/mol. The molecule has 2 saturated heterocycles. The van der Waals surface area contributed by atoms with E-state index in [1.165, 1.54) is 12.1 Å². The van der Waals surface area contributed by atoms with Gasteiger partial charge in [0.05, 0.1) is 6.04 Å². The molecule has 1 atom stereocenters. The van der Waals surface area contributed by atoms with Gasteiger partial charge in [-0.05, 0) is 39.0 Å². The van der Waals surface area contributed by atoms with E-state index in [1.54, 1.807) is 20.8 Å². The summed E-state index contributed by atoms with van der Waals surface area (Å²) in [6.45, 7) is 7.16. The van der Waals surface area contributed by atoms with Crippen LogP contribution < -0.4 is 4.90 Å². The van der Waals surface area contributed by atoms with E-state index in [4.69, 9.17) is 4.74 Å². The smallest absolute Gasteiger partial charge is 0.410 e. The van der Waals surface area contributed by atoms with Gasteiger partial charge in [-0.2, -0.15) is 0 Å². The maximum Gasteiger partial charge on any atom is 0.410 e. The SMILES string of the molecule is CC(C)(C)OC(=O)N1CCN2C(=O)N(c3cc(F)cc(Br)c3)C[C@@H]2C1. The molecule has 25 heavy (non-hydrogen) atoms. The molecule has 0 bridgehead atoms. The molecule has 2 aliphatic rings. The normalized spacial score (nSPS) is 20.8. The van der Waals surface area contributed by atoms with Crippen molar-refractivity contribution in [2.24, 2.45) is 0 Å². The first kappa shape index (κ1) is 18.0. The Hall–Kier alpha value is -1.83. The highest BCUT2D eigenvalue weighted by Gasteiger charge is 2.43. The van der Waals surface area contributed by atoms with Gasteiger partial charge in [0.25, 0.3) is 0 Å². The van der Waals surface area contributed by atoms with E-state index in [0.29, 0.717) is 36.3 Å². The topological polar surface area (TPSA) is 53.1 Å². The second-order valence-corrected chi connectivity index (χ2v) is 8.21. The fraction of sp³-hybridized carbons (Fsp3) is 0.529. The second-order valence-electron chi connectivity index (χ2n) is 7.29. The Labute approximate surface area is 154 Å². The third-order valence-corrected chi connectivity index (χ3v) is 4.62. The van der Waals surface area contributed by atoms with E-state index in [9.17, 15) is 14.0 Å². The van der Waals surface area contributed by atoms with Gasteiger partial charge in [0, 0.05) is 36.3 Å². The molecule has 1 aromatic carbocycles. The number of hydrogen-bond donors (Lipinski definition) is 0. The molecule has 0 unspecified atom stereocenters. The third kappa shape index (κ3) is 3.89. The molecule has 3 rings (SSSR count). The first-order valence-corrected chi connectivity index (χ1v) is 8.95. The number of urea groups is 1. The number of hydrogen-bond acceptors (Lipinski definition) is 3. The van der Waals surface area contributed by atoms with E-state index in [1.807, 2.05) is 20.8 Å². The number of amides is 3. The molecule has 0 aliphatic carbocycles. The molecule has 136 valence electrons. The zero-order valence-corrected chi connectivity index (χ0v) is 16.0. The standard InChI is InChI=1S/C17H21BrFN3O3/c1-17(2,3)25-16(24)20-4-5-21-14(9-20)10-22(15(21)23)13-7-11(18)6-12(19)8-13/h6-8,14H,4-5,9-10H2,1-3H3/t14-/m0/s1. The van der Waals surface area contributed by atoms with E-state index in [2.05, 4.69) is 15.9 Å². The van der Waals surface area contributed by atoms with Crippen molar-refractivity contribution >= 4 is 33.7 Å². The van der Waals surface area contributed by atoms with Crippen LogP contribution in [0, 0.1) is 5.82 Å². The minimum Gasteiger partial charge on any atom is -0.444 e. The third-order valence-electron chi connectivity index (χ3n) is 4.16. The Bertz CT molecular complexity index is 687. The Morgan fingerprint density at radius 3 is 2.60 bits per heavy atom. The first-order chi connectivity index (χ1) is 11.6. The highest BCUT2D eigenvalue weighted by molar-refractivity contribution is 9.10. The monoisotopic (exact) mass is 413 g/mol. The number of ether oxygens (including phenoxy) is 1. The Morgan fingerprint density at radius 1 is 1.24 bits per heavy atom. The van der Waals surface area contributed by atoms with Gasteiger partial charge in [0.1, 0.15) is 11.4 Å². The zero-order valence-electron chi connectivity index (χ0n) is 14.5. The van der Waals surface area contributed by atoms with Crippen molar-refractivity contribution in [3.8, 4) is 0 Å². The molecule has 2 aliphatic heterocycles. The number of anilines is 1. The lowest BCUT2D eigenvalue weighted by molar-refractivity contribution is 0.0128. The minimum absolute atomic E-state index is 0.129. The molecular weight excluding hydrogens is 393 g/mol. The van der Waals surface area contributed by atoms with Crippen LogP contribution in [-0.4, -0.2) is 59.7 Å². The molecule has 3 amide bonds. The fourth-order valence-corrected chi connectivity index (χ4v) is 3.56. The summed E-state index contributed by atoms with van der Waals surface area (Å²) in [7, 11) is 0. The summed E-state index contributed by atoms with van der Waals surface area (Å²) in [6, 6.07) is 4.11. The number of fused-ring (bicyclic) bond motifs is 1. The maximum absolute atomic E-state index is 13.7. The molecule has 2 heterocycles. The van der Waals surface area contributed by atoms with Crippen LogP contribution in [0.1, 0.15) is 20.8 Å². The van der Waals surface area contributed by atoms with Crippen LogP contribution in [0.3, 0.4) is 0 Å². The Balaban J connectivity index is 1.73. The van der Waals surface area contributed by atoms with Crippen molar-refractivity contribution in [1.82, 2.24) is 9.80 Å². The first-order valence-electron chi connectivity index (χ1n) is 8.16. The van der Waals surface area contributed by atoms with Crippen molar-refractivity contribution in [1.29, 1.82) is 0 Å². The van der Waals surface area contributed by atoms with Crippen molar-refractivity contribution in [3.05, 3.63) is 28.5 Å². The molecule has 0 spiro atoms. The molecule has 0 radical (unpaired) electrons. The molecule has 6 nitrogen and oxygen atoms in total. The van der Waals surface area contributed by atoms with Crippen LogP contribution >= 0.6 is 15.9 Å². The maximum atomic E-state index is 13.7. The number of rotatable bonds is 1. The van der Waals surface area contributed by atoms with Gasteiger partial charge in [-0.25, -0.2) is 14.0 Å². The van der Waals surface area contributed by atoms with Crippen LogP contribution in [0.15, 0.2) is 22.7 Å². The molecule has 1 aromatic rings. The summed E-state index contributed by atoms with van der Waals surface area (Å²) in [5, 5.41) is 0. The van der Waals surface area contributed by atoms with Gasteiger partial charge in [-0.3, -0.25) is 4.90 Å². The highest BCUT2D eigenvalue weighted by Crippen LogP contribution is 2.29. The Kier molecular flexibility index (Phi) is 4.66. The van der Waals surface area contributed by atoms with Gasteiger partial charge in [-0.15, -0.1) is 0 Å². The predicted molar refractivity (Wildman–Crippen MR) is 95.1 cm³/mol. The summed E-state index contributed by atoms with van der Waals surface area (Å²) in [6.07, 6.45) is -0.369. The van der Waals surface area contributed by atoms with E-state index in [0.717, 1.165) is 0 Å². The van der Waals surface area contributed by atoms with Gasteiger partial charge in [0.2, 0.25) is 0 Å². The number of nitrogens with zero attached hydrogens (tertiary/aromatic N) is 3. The number of halogens is 2. The summed E-state index contributed by atoms with van der Waals surface area (Å²) in [5.41, 5.74) is -0.0466. The number of carbonyl (C=O) groups is 2. The molecule has 0 N–H and O–H groups in total. The van der Waals surface area contributed by atoms with Crippen LogP contribution in [0.2, 0.25) is 0 Å². The van der Waals surface area contributed by atoms with E-state index < -0.39 is 11.4 Å². The molecule has 8 heteroatoms. The lowest BCUT2D eigenvalue weighted by Crippen LogP contribution is -2.54. The molecule has 2 fully saturated rings. The number of piperazine rings is 1. The summed E-state index contributed by atoms with van der Waals surface area (Å²) in [4.78, 5) is 29.8. The predicted octanol–water partition coefficient (Wildman–Crippen LogP) is 3.45. The zero-order chi connectivity index (χ0) is 18.4. The van der Waals surface area contributed by atoms with E-state index in [-0.39, 0.29) is 18.2 Å². The van der Waals surface area contributed by atoms with E-state index >= 15 is 0 Å². The minimum atomic E-state index is -0.556. The van der Waals surface area contributed by atoms with Crippen LogP contribution in [0.4, 0.5) is 19.7 Å². The quantitative estimate of drug-likeness (QED) is 0.708. The van der Waals surface area contributed by atoms with Crippen molar-refractivity contribution in [3.63, 3.8) is 0 Å². The number of carbonyl (C=O) groups excluding carboxylic acids is 2. The van der Waals surface area contributed by atoms with Crippen molar-refractivity contribution < 1.29 is 18.7 Å². The summed E-state index contributed by atoms with van der Waals surface area (Å²) >= 11 is 3.25. The van der Waals surface area contributed by atoms with Crippen molar-refractivity contribution in [2.45, 2.75) is 32.4 Å². The lowest BCUT2D eigenvalue weighted by atomic mass is 10.2. The largest absolute Gasteiger partial charge is 0.444 e. The number of benzene rings is 1.